The summed E-state index contributed by atoms with van der Waals surface area (Å²) in [5, 5.41) is 5.91. The lowest BCUT2D eigenvalue weighted by atomic mass is 9.97. The number of halogens is 5. The van der Waals surface area contributed by atoms with Gasteiger partial charge in [-0.2, -0.15) is 0 Å². The molecule has 38 heavy (non-hydrogen) atoms. The first-order chi connectivity index (χ1) is 18.1. The van der Waals surface area contributed by atoms with Crippen molar-refractivity contribution in [3.63, 3.8) is 0 Å². The number of nitrogens with one attached hydrogen (secondary N) is 2. The summed E-state index contributed by atoms with van der Waals surface area (Å²) in [5.41, 5.74) is -2.99. The lowest BCUT2D eigenvalue weighted by molar-refractivity contribution is 0.0648. The van der Waals surface area contributed by atoms with Crippen LogP contribution >= 0.6 is 0 Å². The first-order valence-electron chi connectivity index (χ1n) is 13.0. The Morgan fingerprint density at radius 3 is 2.53 bits per heavy atom. The third kappa shape index (κ3) is 4.92. The maximum Gasteiger partial charge on any atom is 0.266 e. The molecule has 1 aromatic carbocycles. The summed E-state index contributed by atoms with van der Waals surface area (Å²) in [7, 11) is 0. The molecule has 3 atom stereocenters. The van der Waals surface area contributed by atoms with Gasteiger partial charge < -0.3 is 20.1 Å². The molecule has 3 heterocycles. The largest absolute Gasteiger partial charge is 0.381 e. The topological polar surface area (TPSA) is 66.4 Å². The zero-order chi connectivity index (χ0) is 27.2. The fraction of sp³-hybridized carbons (Fsp3) is 0.556. The van der Waals surface area contributed by atoms with Gasteiger partial charge >= 0.3 is 0 Å². The van der Waals surface area contributed by atoms with E-state index in [1.54, 1.807) is 0 Å². The molecule has 1 aliphatic carbocycles. The van der Waals surface area contributed by atoms with E-state index in [1.807, 2.05) is 0 Å². The van der Waals surface area contributed by atoms with E-state index in [9.17, 15) is 31.5 Å². The molecule has 0 radical (unpaired) electrons. The second-order valence-electron chi connectivity index (χ2n) is 10.7. The van der Waals surface area contributed by atoms with E-state index < -0.39 is 47.3 Å². The number of carbonyl (C=O) groups is 1. The normalized spacial score (nSPS) is 23.4. The average Bonchev–Trinajstić information content (AvgIpc) is 3.55. The molecule has 0 bridgehead atoms. The predicted octanol–water partition coefficient (Wildman–Crippen LogP) is 5.21. The van der Waals surface area contributed by atoms with Crippen molar-refractivity contribution in [2.45, 2.75) is 82.0 Å². The molecule has 2 aliphatic heterocycles. The van der Waals surface area contributed by atoms with Gasteiger partial charge in [-0.15, -0.1) is 0 Å². The number of rotatable bonds is 8. The molecule has 1 amide bonds. The third-order valence-electron chi connectivity index (χ3n) is 8.23. The van der Waals surface area contributed by atoms with Crippen LogP contribution in [0.15, 0.2) is 35.3 Å². The van der Waals surface area contributed by atoms with Crippen LogP contribution in [0, 0.1) is 5.82 Å². The Kier molecular flexibility index (Phi) is 7.23. The van der Waals surface area contributed by atoms with E-state index in [4.69, 9.17) is 0 Å². The number of amides is 1. The van der Waals surface area contributed by atoms with E-state index in [-0.39, 0.29) is 35.7 Å². The highest BCUT2D eigenvalue weighted by Crippen LogP contribution is 2.48. The Morgan fingerprint density at radius 1 is 1.11 bits per heavy atom. The van der Waals surface area contributed by atoms with Crippen molar-refractivity contribution >= 4 is 11.6 Å². The maximum absolute atomic E-state index is 14.7. The monoisotopic (exact) mass is 538 g/mol. The number of fused-ring (bicyclic) bond motifs is 1. The molecule has 1 saturated carbocycles. The summed E-state index contributed by atoms with van der Waals surface area (Å²) in [6.07, 6.45) is -0.609. The molecular weight excluding hydrogens is 507 g/mol. The molecular formula is C27H31F5N4O2. The van der Waals surface area contributed by atoms with Gasteiger partial charge in [-0.1, -0.05) is 18.2 Å². The van der Waals surface area contributed by atoms with Gasteiger partial charge in [-0.05, 0) is 52.0 Å². The number of aromatic nitrogens is 1. The molecule has 11 heteroatoms. The van der Waals surface area contributed by atoms with Crippen LogP contribution in [0.4, 0.5) is 27.6 Å². The number of nitrogens with zero attached hydrogens (tertiary/aromatic N) is 2. The zero-order valence-corrected chi connectivity index (χ0v) is 21.0. The summed E-state index contributed by atoms with van der Waals surface area (Å²) in [6.45, 7) is 3.39. The molecule has 0 spiro atoms. The van der Waals surface area contributed by atoms with Crippen LogP contribution in [-0.2, 0) is 5.54 Å². The molecule has 1 unspecified atom stereocenters. The molecule has 2 saturated heterocycles. The van der Waals surface area contributed by atoms with E-state index in [0.29, 0.717) is 6.04 Å². The van der Waals surface area contributed by atoms with Crippen molar-refractivity contribution < 1.29 is 26.7 Å². The first kappa shape index (κ1) is 26.6. The lowest BCUT2D eigenvalue weighted by Crippen LogP contribution is -2.43. The van der Waals surface area contributed by atoms with Crippen LogP contribution in [0.1, 0.15) is 79.4 Å². The summed E-state index contributed by atoms with van der Waals surface area (Å²) >= 11 is 0. The number of anilines is 1. The molecule has 3 fully saturated rings. The van der Waals surface area contributed by atoms with E-state index in [1.165, 1.54) is 25.1 Å². The van der Waals surface area contributed by atoms with Gasteiger partial charge in [-0.25, -0.2) is 22.0 Å². The highest BCUT2D eigenvalue weighted by molar-refractivity contribution is 5.99. The Hall–Kier alpha value is -2.95. The van der Waals surface area contributed by atoms with Crippen molar-refractivity contribution in [3.8, 4) is 0 Å². The molecule has 1 aromatic heterocycles. The molecule has 3 aliphatic rings. The quantitative estimate of drug-likeness (QED) is 0.453. The van der Waals surface area contributed by atoms with Crippen molar-refractivity contribution in [3.05, 3.63) is 63.3 Å². The summed E-state index contributed by atoms with van der Waals surface area (Å²) in [6, 6.07) is 4.14. The summed E-state index contributed by atoms with van der Waals surface area (Å²) in [4.78, 5) is 28.8. The van der Waals surface area contributed by atoms with Gasteiger partial charge in [0.15, 0.2) is 0 Å². The van der Waals surface area contributed by atoms with Crippen molar-refractivity contribution in [1.29, 1.82) is 0 Å². The minimum Gasteiger partial charge on any atom is -0.381 e. The number of hydrogen-bond donors (Lipinski definition) is 2. The van der Waals surface area contributed by atoms with Gasteiger partial charge in [0.25, 0.3) is 24.3 Å². The number of piperidine rings is 1. The van der Waals surface area contributed by atoms with Gasteiger partial charge in [0.2, 0.25) is 0 Å². The summed E-state index contributed by atoms with van der Waals surface area (Å²) < 4.78 is 69.8. The fourth-order valence-corrected chi connectivity index (χ4v) is 5.87. The molecule has 2 aromatic rings. The predicted molar refractivity (Wildman–Crippen MR) is 132 cm³/mol. The summed E-state index contributed by atoms with van der Waals surface area (Å²) in [5.74, 6) is -1.84. The Labute approximate surface area is 217 Å². The van der Waals surface area contributed by atoms with E-state index >= 15 is 0 Å². The molecule has 206 valence electrons. The van der Waals surface area contributed by atoms with Crippen LogP contribution < -0.4 is 16.2 Å². The smallest absolute Gasteiger partial charge is 0.266 e. The van der Waals surface area contributed by atoms with Gasteiger partial charge in [0.1, 0.15) is 11.4 Å². The van der Waals surface area contributed by atoms with E-state index in [2.05, 4.69) is 15.5 Å². The van der Waals surface area contributed by atoms with Gasteiger partial charge in [0, 0.05) is 36.5 Å². The van der Waals surface area contributed by atoms with Crippen LogP contribution in [-0.4, -0.2) is 47.0 Å². The minimum atomic E-state index is -3.02. The SMILES string of the molecule is CC(NC(=O)c1cn(C2(C(F)F)CC2)c(=O)cc1N[C@H]1CCN2CCC[C@H]2C1)c1cccc(C(F)F)c1F. The van der Waals surface area contributed by atoms with Crippen LogP contribution in [0.25, 0.3) is 0 Å². The fourth-order valence-electron chi connectivity index (χ4n) is 5.87. The number of pyridine rings is 1. The number of alkyl halides is 4. The zero-order valence-electron chi connectivity index (χ0n) is 21.0. The Bertz CT molecular complexity index is 1260. The van der Waals surface area contributed by atoms with Crippen molar-refractivity contribution in [2.24, 2.45) is 0 Å². The first-order valence-corrected chi connectivity index (χ1v) is 13.0. The maximum atomic E-state index is 14.7. The highest BCUT2D eigenvalue weighted by Gasteiger charge is 2.53. The van der Waals surface area contributed by atoms with E-state index in [0.717, 1.165) is 55.6 Å². The van der Waals surface area contributed by atoms with Crippen molar-refractivity contribution in [2.75, 3.05) is 18.4 Å². The Morgan fingerprint density at radius 2 is 1.84 bits per heavy atom. The van der Waals surface area contributed by atoms with Crippen molar-refractivity contribution in [1.82, 2.24) is 14.8 Å². The molecule has 2 N–H and O–H groups in total. The lowest BCUT2D eigenvalue weighted by Gasteiger charge is -2.36. The standard InChI is InChI=1S/C27H31F5N4O2/c1-15(18-5-2-6-19(23(18)28)24(29)30)33-25(38)20-14-36(27(8-9-27)26(31)32)22(37)13-21(20)34-16-7-11-35-10-3-4-17(35)12-16/h2,5-6,13-17,24,26,34H,3-4,7-12H2,1H3,(H,33,38)/t15?,16-,17-/m0/s1. The number of carbonyl (C=O) groups excluding carboxylic acids is 1. The van der Waals surface area contributed by atoms with Gasteiger partial charge in [0.05, 0.1) is 22.9 Å². The number of benzene rings is 1. The molecule has 5 rings (SSSR count). The third-order valence-corrected chi connectivity index (χ3v) is 8.23. The second kappa shape index (κ2) is 10.3. The average molecular weight is 539 g/mol. The second-order valence-corrected chi connectivity index (χ2v) is 10.7. The van der Waals surface area contributed by atoms with Crippen LogP contribution in [0.5, 0.6) is 0 Å². The number of hydrogen-bond acceptors (Lipinski definition) is 4. The van der Waals surface area contributed by atoms with Gasteiger partial charge in [-0.3, -0.25) is 9.59 Å². The highest BCUT2D eigenvalue weighted by atomic mass is 19.3. The molecule has 6 nitrogen and oxygen atoms in total. The Balaban J connectivity index is 1.45. The van der Waals surface area contributed by atoms with Crippen LogP contribution in [0.3, 0.4) is 0 Å². The minimum absolute atomic E-state index is 0.0151. The van der Waals surface area contributed by atoms with Crippen LogP contribution in [0.2, 0.25) is 0 Å².